The second-order valence-electron chi connectivity index (χ2n) is 4.28. The minimum atomic E-state index is -0.192. The van der Waals surface area contributed by atoms with Crippen LogP contribution in [0.5, 0.6) is 0 Å². The molecule has 0 amide bonds. The van der Waals surface area contributed by atoms with Gasteiger partial charge in [0.25, 0.3) is 0 Å². The molecule has 0 heterocycles. The fourth-order valence-electron chi connectivity index (χ4n) is 1.61. The Hall–Kier alpha value is -1.27. The molecule has 21 heavy (non-hydrogen) atoms. The average Bonchev–Trinajstić information content (AvgIpc) is 2.51. The van der Waals surface area contributed by atoms with E-state index in [0.717, 1.165) is 42.7 Å². The van der Waals surface area contributed by atoms with Gasteiger partial charge in [0.1, 0.15) is 5.82 Å². The lowest BCUT2D eigenvalue weighted by molar-refractivity contribution is 0.152. The maximum absolute atomic E-state index is 12.8. The number of thioether (sulfide) groups is 1. The van der Waals surface area contributed by atoms with Crippen molar-refractivity contribution in [2.75, 3.05) is 39.1 Å². The highest BCUT2D eigenvalue weighted by Crippen LogP contribution is 2.18. The summed E-state index contributed by atoms with van der Waals surface area (Å²) in [6, 6.07) is 6.60. The number of halogens is 1. The van der Waals surface area contributed by atoms with Gasteiger partial charge < -0.3 is 15.4 Å². The van der Waals surface area contributed by atoms with Crippen LogP contribution in [0, 0.1) is 5.82 Å². The molecule has 6 heteroatoms. The van der Waals surface area contributed by atoms with Crippen LogP contribution in [0.3, 0.4) is 0 Å². The lowest BCUT2D eigenvalue weighted by Crippen LogP contribution is -2.39. The largest absolute Gasteiger partial charge is 0.380 e. The van der Waals surface area contributed by atoms with Crippen LogP contribution in [-0.4, -0.2) is 45.1 Å². The third-order valence-electron chi connectivity index (χ3n) is 2.66. The van der Waals surface area contributed by atoms with Gasteiger partial charge in [-0.3, -0.25) is 4.99 Å². The Morgan fingerprint density at radius 1 is 1.24 bits per heavy atom. The fourth-order valence-corrected chi connectivity index (χ4v) is 2.46. The molecule has 0 saturated heterocycles. The molecule has 0 spiro atoms. The lowest BCUT2D eigenvalue weighted by atomic mass is 10.4. The Labute approximate surface area is 130 Å². The van der Waals surface area contributed by atoms with Gasteiger partial charge in [0.05, 0.1) is 6.61 Å². The second-order valence-corrected chi connectivity index (χ2v) is 5.45. The number of aliphatic imine (C=N–C) groups is 1. The molecule has 1 rings (SSSR count). The zero-order valence-electron chi connectivity index (χ0n) is 12.7. The summed E-state index contributed by atoms with van der Waals surface area (Å²) >= 11 is 1.73. The van der Waals surface area contributed by atoms with Gasteiger partial charge in [-0.05, 0) is 43.4 Å². The van der Waals surface area contributed by atoms with Gasteiger partial charge >= 0.3 is 0 Å². The lowest BCUT2D eigenvalue weighted by Gasteiger charge is -2.11. The van der Waals surface area contributed by atoms with Gasteiger partial charge in [0.15, 0.2) is 5.96 Å². The van der Waals surface area contributed by atoms with Gasteiger partial charge in [-0.15, -0.1) is 11.8 Å². The SMILES string of the molecule is CCOCCNC(=NC)NCCCSc1ccc(F)cc1. The van der Waals surface area contributed by atoms with Crippen molar-refractivity contribution >= 4 is 17.7 Å². The normalized spacial score (nSPS) is 11.5. The van der Waals surface area contributed by atoms with Crippen LogP contribution in [0.15, 0.2) is 34.2 Å². The molecule has 118 valence electrons. The first-order valence-corrected chi connectivity index (χ1v) is 8.15. The fraction of sp³-hybridized carbons (Fsp3) is 0.533. The Balaban J connectivity index is 2.07. The topological polar surface area (TPSA) is 45.6 Å². The molecular formula is C15H24FN3OS. The maximum Gasteiger partial charge on any atom is 0.191 e. The average molecular weight is 313 g/mol. The molecule has 0 aliphatic heterocycles. The zero-order valence-corrected chi connectivity index (χ0v) is 13.5. The zero-order chi connectivity index (χ0) is 15.3. The number of hydrogen-bond acceptors (Lipinski definition) is 3. The molecule has 0 aliphatic carbocycles. The van der Waals surface area contributed by atoms with E-state index in [9.17, 15) is 4.39 Å². The van der Waals surface area contributed by atoms with E-state index in [1.54, 1.807) is 18.8 Å². The minimum absolute atomic E-state index is 0.192. The van der Waals surface area contributed by atoms with Crippen LogP contribution < -0.4 is 10.6 Å². The Kier molecular flexibility index (Phi) is 9.65. The van der Waals surface area contributed by atoms with Crippen LogP contribution in [0.25, 0.3) is 0 Å². The van der Waals surface area contributed by atoms with Crippen LogP contribution in [0.2, 0.25) is 0 Å². The summed E-state index contributed by atoms with van der Waals surface area (Å²) in [4.78, 5) is 5.23. The predicted octanol–water partition coefficient (Wildman–Crippen LogP) is 2.51. The smallest absolute Gasteiger partial charge is 0.191 e. The van der Waals surface area contributed by atoms with Crippen LogP contribution in [-0.2, 0) is 4.74 Å². The molecule has 1 aromatic carbocycles. The number of ether oxygens (including phenoxy) is 1. The molecule has 0 aliphatic rings. The van der Waals surface area contributed by atoms with E-state index in [2.05, 4.69) is 15.6 Å². The molecule has 0 saturated carbocycles. The quantitative estimate of drug-likeness (QED) is 0.318. The number of nitrogens with one attached hydrogen (secondary N) is 2. The highest BCUT2D eigenvalue weighted by atomic mass is 32.2. The van der Waals surface area contributed by atoms with Crippen molar-refractivity contribution in [3.63, 3.8) is 0 Å². The highest BCUT2D eigenvalue weighted by molar-refractivity contribution is 7.99. The van der Waals surface area contributed by atoms with Crippen molar-refractivity contribution in [1.29, 1.82) is 0 Å². The molecule has 0 fully saturated rings. The van der Waals surface area contributed by atoms with E-state index in [1.807, 2.05) is 19.1 Å². The van der Waals surface area contributed by atoms with E-state index in [4.69, 9.17) is 4.74 Å². The Bertz CT molecular complexity index is 412. The summed E-state index contributed by atoms with van der Waals surface area (Å²) in [6.07, 6.45) is 1.01. The van der Waals surface area contributed by atoms with Gasteiger partial charge in [0, 0.05) is 31.6 Å². The number of nitrogens with zero attached hydrogens (tertiary/aromatic N) is 1. The summed E-state index contributed by atoms with van der Waals surface area (Å²) in [6.45, 7) is 4.98. The van der Waals surface area contributed by atoms with Crippen molar-refractivity contribution in [1.82, 2.24) is 10.6 Å². The first kappa shape index (κ1) is 17.8. The number of guanidine groups is 1. The number of benzene rings is 1. The van der Waals surface area contributed by atoms with E-state index in [-0.39, 0.29) is 5.82 Å². The van der Waals surface area contributed by atoms with Crippen molar-refractivity contribution in [2.45, 2.75) is 18.2 Å². The van der Waals surface area contributed by atoms with Gasteiger partial charge in [-0.1, -0.05) is 0 Å². The molecule has 0 radical (unpaired) electrons. The third-order valence-corrected chi connectivity index (χ3v) is 3.76. The standard InChI is InChI=1S/C15H24FN3OS/c1-3-20-11-10-19-15(17-2)18-9-4-12-21-14-7-5-13(16)6-8-14/h5-8H,3-4,9-12H2,1-2H3,(H2,17,18,19). The number of rotatable bonds is 9. The van der Waals surface area contributed by atoms with Crippen molar-refractivity contribution in [3.8, 4) is 0 Å². The van der Waals surface area contributed by atoms with E-state index >= 15 is 0 Å². The van der Waals surface area contributed by atoms with Crippen molar-refractivity contribution in [2.24, 2.45) is 4.99 Å². The first-order valence-electron chi connectivity index (χ1n) is 7.17. The summed E-state index contributed by atoms with van der Waals surface area (Å²) in [5.41, 5.74) is 0. The molecule has 1 aromatic rings. The summed E-state index contributed by atoms with van der Waals surface area (Å²) in [5, 5.41) is 6.44. The molecule has 0 bridgehead atoms. The molecule has 4 nitrogen and oxygen atoms in total. The van der Waals surface area contributed by atoms with Gasteiger partial charge in [-0.2, -0.15) is 0 Å². The van der Waals surface area contributed by atoms with E-state index < -0.39 is 0 Å². The summed E-state index contributed by atoms with van der Waals surface area (Å²) < 4.78 is 18.0. The molecule has 0 aromatic heterocycles. The second kappa shape index (κ2) is 11.4. The minimum Gasteiger partial charge on any atom is -0.380 e. The van der Waals surface area contributed by atoms with Crippen LogP contribution in [0.1, 0.15) is 13.3 Å². The van der Waals surface area contributed by atoms with E-state index in [0.29, 0.717) is 6.61 Å². The highest BCUT2D eigenvalue weighted by Gasteiger charge is 1.98. The molecular weight excluding hydrogens is 289 g/mol. The van der Waals surface area contributed by atoms with Gasteiger partial charge in [-0.25, -0.2) is 4.39 Å². The molecule has 0 unspecified atom stereocenters. The van der Waals surface area contributed by atoms with Crippen molar-refractivity contribution < 1.29 is 9.13 Å². The van der Waals surface area contributed by atoms with Crippen LogP contribution >= 0.6 is 11.8 Å². The van der Waals surface area contributed by atoms with E-state index in [1.165, 1.54) is 12.1 Å². The Morgan fingerprint density at radius 2 is 1.95 bits per heavy atom. The maximum atomic E-state index is 12.8. The van der Waals surface area contributed by atoms with Gasteiger partial charge in [0.2, 0.25) is 0 Å². The molecule has 0 atom stereocenters. The molecule has 2 N–H and O–H groups in total. The third kappa shape index (κ3) is 8.57. The van der Waals surface area contributed by atoms with Crippen molar-refractivity contribution in [3.05, 3.63) is 30.1 Å². The summed E-state index contributed by atoms with van der Waals surface area (Å²) in [5.74, 6) is 1.58. The summed E-state index contributed by atoms with van der Waals surface area (Å²) in [7, 11) is 1.75. The first-order chi connectivity index (χ1) is 10.3. The predicted molar refractivity (Wildman–Crippen MR) is 87.6 cm³/mol. The Morgan fingerprint density at radius 3 is 2.62 bits per heavy atom. The number of hydrogen-bond donors (Lipinski definition) is 2. The van der Waals surface area contributed by atoms with Crippen LogP contribution in [0.4, 0.5) is 4.39 Å². The monoisotopic (exact) mass is 313 g/mol.